The minimum Gasteiger partial charge on any atom is -0.461 e. The molecule has 4 aromatic rings. The summed E-state index contributed by atoms with van der Waals surface area (Å²) >= 11 is 0. The van der Waals surface area contributed by atoms with Crippen molar-refractivity contribution in [1.82, 2.24) is 19.9 Å². The topological polar surface area (TPSA) is 54.4 Å². The Hall–Kier alpha value is -3.97. The Kier molecular flexibility index (Phi) is 5.94. The Bertz CT molecular complexity index is 1940. The molecule has 5 atom stereocenters. The van der Waals surface area contributed by atoms with E-state index in [0.717, 1.165) is 19.3 Å². The van der Waals surface area contributed by atoms with Gasteiger partial charge in [-0.15, -0.1) is 6.42 Å². The molecule has 44 heavy (non-hydrogen) atoms. The van der Waals surface area contributed by atoms with E-state index in [1.165, 1.54) is 12.3 Å². The van der Waals surface area contributed by atoms with E-state index >= 15 is 8.78 Å². The van der Waals surface area contributed by atoms with Crippen LogP contribution in [0.5, 0.6) is 6.01 Å². The van der Waals surface area contributed by atoms with Gasteiger partial charge in [0.25, 0.3) is 0 Å². The monoisotopic (exact) mass is 603 g/mol. The molecule has 4 fully saturated rings. The largest absolute Gasteiger partial charge is 0.461 e. The number of anilines is 1. The van der Waals surface area contributed by atoms with Crippen LogP contribution in [0.4, 0.5) is 23.4 Å². The van der Waals surface area contributed by atoms with Gasteiger partial charge in [-0.25, -0.2) is 17.6 Å². The van der Waals surface area contributed by atoms with E-state index in [2.05, 4.69) is 20.9 Å². The number of terminal acetylenes is 1. The average Bonchev–Trinajstić information content (AvgIpc) is 3.39. The SMILES string of the molecule is [2H]C([2H])(Oc1nc(N2CCCC[C@H]3[C@H](F)[C@H]32)c2cnc(-c3cccc4ccc(F)c(C#C)c34)c(F)c2n1)[C@@]12CCCN1C[C@H](F)C2. The van der Waals surface area contributed by atoms with Gasteiger partial charge in [-0.05, 0) is 43.7 Å². The van der Waals surface area contributed by atoms with Crippen LogP contribution >= 0.6 is 0 Å². The second-order valence-corrected chi connectivity index (χ2v) is 12.4. The summed E-state index contributed by atoms with van der Waals surface area (Å²) in [6.07, 6.45) is 8.16. The van der Waals surface area contributed by atoms with E-state index in [1.54, 1.807) is 34.1 Å². The lowest BCUT2D eigenvalue weighted by molar-refractivity contribution is 0.107. The van der Waals surface area contributed by atoms with E-state index in [9.17, 15) is 8.78 Å². The molecule has 0 bridgehead atoms. The van der Waals surface area contributed by atoms with Crippen LogP contribution in [0, 0.1) is 29.9 Å². The second kappa shape index (κ2) is 10.3. The van der Waals surface area contributed by atoms with Crippen molar-refractivity contribution < 1.29 is 25.0 Å². The Balaban J connectivity index is 1.31. The molecule has 4 aliphatic rings. The molecule has 0 spiro atoms. The summed E-state index contributed by atoms with van der Waals surface area (Å²) in [7, 11) is 0. The zero-order valence-corrected chi connectivity index (χ0v) is 23.9. The van der Waals surface area contributed by atoms with Gasteiger partial charge in [0.1, 0.15) is 41.7 Å². The molecule has 5 heterocycles. The van der Waals surface area contributed by atoms with E-state index in [0.29, 0.717) is 36.7 Å². The lowest BCUT2D eigenvalue weighted by Crippen LogP contribution is -2.43. The fourth-order valence-corrected chi connectivity index (χ4v) is 7.67. The Morgan fingerprint density at radius 1 is 1.11 bits per heavy atom. The minimum absolute atomic E-state index is 0.0311. The first kappa shape index (κ1) is 25.4. The first-order valence-corrected chi connectivity index (χ1v) is 15.2. The van der Waals surface area contributed by atoms with Gasteiger partial charge in [0.2, 0.25) is 0 Å². The van der Waals surface area contributed by atoms with Gasteiger partial charge in [-0.3, -0.25) is 9.88 Å². The van der Waals surface area contributed by atoms with Gasteiger partial charge >= 0.3 is 6.01 Å². The lowest BCUT2D eigenvalue weighted by atomic mass is 9.95. The van der Waals surface area contributed by atoms with Crippen LogP contribution in [0.2, 0.25) is 0 Å². The standard InChI is InChI=1S/C34H31F4N5O/c1-2-21-25(36)11-10-19-7-5-9-22(26(19)21)29-28(38)30-24(16-39-29)32(43-14-4-3-8-23-27(37)31(23)43)41-33(40-30)44-18-34-12-6-13-42(34)17-20(35)15-34/h1,5,7,9-11,16,20,23,27,31H,3-4,6,8,12-15,17-18H2/t20-,23+,27+,31+,34+/m1/s1/i18D2. The zero-order chi connectivity index (χ0) is 32.0. The van der Waals surface area contributed by atoms with E-state index in [4.69, 9.17) is 13.9 Å². The molecule has 1 aliphatic carbocycles. The highest BCUT2D eigenvalue weighted by Gasteiger charge is 2.55. The molecule has 0 unspecified atom stereocenters. The normalized spacial score (nSPS) is 29.1. The summed E-state index contributed by atoms with van der Waals surface area (Å²) in [5.74, 6) is 0.901. The van der Waals surface area contributed by atoms with Crippen LogP contribution in [-0.2, 0) is 0 Å². The van der Waals surface area contributed by atoms with Crippen molar-refractivity contribution in [2.24, 2.45) is 5.92 Å². The highest BCUT2D eigenvalue weighted by molar-refractivity contribution is 6.02. The number of alkyl halides is 2. The van der Waals surface area contributed by atoms with Crippen molar-refractivity contribution >= 4 is 27.5 Å². The van der Waals surface area contributed by atoms with Crippen molar-refractivity contribution in [2.75, 3.05) is 31.1 Å². The smallest absolute Gasteiger partial charge is 0.319 e. The van der Waals surface area contributed by atoms with E-state index < -0.39 is 48.1 Å². The lowest BCUT2D eigenvalue weighted by Gasteiger charge is -2.31. The molecular weight excluding hydrogens is 570 g/mol. The van der Waals surface area contributed by atoms with Gasteiger partial charge in [0.15, 0.2) is 5.82 Å². The predicted molar refractivity (Wildman–Crippen MR) is 160 cm³/mol. The number of fused-ring (bicyclic) bond motifs is 4. The highest BCUT2D eigenvalue weighted by Crippen LogP contribution is 2.48. The number of halogens is 4. The summed E-state index contributed by atoms with van der Waals surface area (Å²) in [5.41, 5.74) is -1.34. The number of hydrogen-bond acceptors (Lipinski definition) is 6. The number of nitrogens with zero attached hydrogens (tertiary/aromatic N) is 5. The van der Waals surface area contributed by atoms with Crippen LogP contribution in [0.15, 0.2) is 36.5 Å². The van der Waals surface area contributed by atoms with Gasteiger partial charge in [-0.1, -0.05) is 36.6 Å². The third kappa shape index (κ3) is 4.23. The summed E-state index contributed by atoms with van der Waals surface area (Å²) in [4.78, 5) is 17.0. The quantitative estimate of drug-likeness (QED) is 0.195. The number of ether oxygens (including phenoxy) is 1. The predicted octanol–water partition coefficient (Wildman–Crippen LogP) is 6.39. The van der Waals surface area contributed by atoms with E-state index in [1.807, 2.05) is 0 Å². The maximum Gasteiger partial charge on any atom is 0.319 e. The first-order valence-electron chi connectivity index (χ1n) is 16.2. The summed E-state index contributed by atoms with van der Waals surface area (Å²) < 4.78 is 85.2. The molecule has 2 aromatic heterocycles. The molecule has 0 N–H and O–H groups in total. The molecular formula is C34H31F4N5O. The molecule has 6 nitrogen and oxygen atoms in total. The summed E-state index contributed by atoms with van der Waals surface area (Å²) in [6.45, 7) is -1.31. The minimum atomic E-state index is -2.42. The third-order valence-electron chi connectivity index (χ3n) is 9.82. The van der Waals surface area contributed by atoms with E-state index in [-0.39, 0.29) is 52.4 Å². The molecule has 10 heteroatoms. The number of benzene rings is 2. The summed E-state index contributed by atoms with van der Waals surface area (Å²) in [6, 6.07) is 6.94. The van der Waals surface area contributed by atoms with Crippen molar-refractivity contribution in [3.63, 3.8) is 0 Å². The number of hydrogen-bond donors (Lipinski definition) is 0. The fraction of sp³-hybridized carbons (Fsp3) is 0.441. The van der Waals surface area contributed by atoms with Crippen molar-refractivity contribution in [3.8, 4) is 29.6 Å². The molecule has 0 amide bonds. The maximum absolute atomic E-state index is 16.8. The molecule has 8 rings (SSSR count). The Labute approximate surface area is 255 Å². The van der Waals surface area contributed by atoms with Crippen LogP contribution < -0.4 is 9.64 Å². The van der Waals surface area contributed by atoms with Gasteiger partial charge < -0.3 is 9.64 Å². The van der Waals surface area contributed by atoms with Crippen LogP contribution in [-0.4, -0.2) is 70.0 Å². The van der Waals surface area contributed by atoms with Crippen molar-refractivity contribution in [3.05, 3.63) is 53.7 Å². The van der Waals surface area contributed by atoms with Crippen molar-refractivity contribution in [1.29, 1.82) is 0 Å². The number of aromatic nitrogens is 3. The van der Waals surface area contributed by atoms with Crippen LogP contribution in [0.3, 0.4) is 0 Å². The highest BCUT2D eigenvalue weighted by atomic mass is 19.1. The number of rotatable bonds is 5. The molecule has 0 radical (unpaired) electrons. The van der Waals surface area contributed by atoms with Gasteiger partial charge in [0, 0.05) is 42.6 Å². The molecule has 3 aliphatic heterocycles. The van der Waals surface area contributed by atoms with Crippen LogP contribution in [0.1, 0.15) is 46.8 Å². The molecule has 1 saturated carbocycles. The van der Waals surface area contributed by atoms with Crippen molar-refractivity contribution in [2.45, 2.75) is 62.4 Å². The third-order valence-corrected chi connectivity index (χ3v) is 9.82. The maximum atomic E-state index is 16.8. The molecule has 2 aromatic carbocycles. The second-order valence-electron chi connectivity index (χ2n) is 12.4. The average molecular weight is 604 g/mol. The Morgan fingerprint density at radius 2 is 2.00 bits per heavy atom. The van der Waals surface area contributed by atoms with Crippen LogP contribution in [0.25, 0.3) is 32.9 Å². The first-order chi connectivity index (χ1) is 22.1. The number of pyridine rings is 1. The molecule has 226 valence electrons. The van der Waals surface area contributed by atoms with Gasteiger partial charge in [0.05, 0.1) is 25.3 Å². The molecule has 3 saturated heterocycles. The fourth-order valence-electron chi connectivity index (χ4n) is 7.67. The van der Waals surface area contributed by atoms with Gasteiger partial charge in [-0.2, -0.15) is 9.97 Å². The summed E-state index contributed by atoms with van der Waals surface area (Å²) in [5, 5.41) is 1.12. The zero-order valence-electron chi connectivity index (χ0n) is 25.9. The Morgan fingerprint density at radius 3 is 2.86 bits per heavy atom.